The third kappa shape index (κ3) is 7.26. The zero-order chi connectivity index (χ0) is 13.5. The Hall–Kier alpha value is -0.710. The van der Waals surface area contributed by atoms with E-state index >= 15 is 0 Å². The minimum absolute atomic E-state index is 0.0214. The van der Waals surface area contributed by atoms with Gasteiger partial charge in [-0.3, -0.25) is 9.59 Å². The Morgan fingerprint density at radius 1 is 1.41 bits per heavy atom. The predicted molar refractivity (Wildman–Crippen MR) is 71.3 cm³/mol. The zero-order valence-electron chi connectivity index (χ0n) is 11.1. The molecule has 0 rings (SSSR count). The molecule has 0 saturated carbocycles. The number of aliphatic carboxylic acids is 1. The molecule has 17 heavy (non-hydrogen) atoms. The summed E-state index contributed by atoms with van der Waals surface area (Å²) in [4.78, 5) is 22.5. The van der Waals surface area contributed by atoms with Crippen LogP contribution in [-0.4, -0.2) is 34.5 Å². The molecule has 0 heterocycles. The average Bonchev–Trinajstić information content (AvgIpc) is 2.16. The van der Waals surface area contributed by atoms with Crippen LogP contribution in [0.2, 0.25) is 0 Å². The minimum atomic E-state index is -0.998. The Kier molecular flexibility index (Phi) is 7.27. The molecule has 0 aromatic carbocycles. The topological polar surface area (TPSA) is 66.4 Å². The van der Waals surface area contributed by atoms with Crippen molar-refractivity contribution in [3.8, 4) is 0 Å². The fourth-order valence-corrected chi connectivity index (χ4v) is 2.09. The first-order valence-electron chi connectivity index (χ1n) is 5.90. The molecule has 0 radical (unpaired) electrons. The van der Waals surface area contributed by atoms with Crippen LogP contribution in [0.1, 0.15) is 40.5 Å². The standard InChI is InChI=1S/C12H23NO3S/c1-5-17-7-6-9(2)13-10(14)8-12(3,4)11(15)16/h9H,5-8H2,1-4H3,(H,13,14)(H,15,16). The van der Waals surface area contributed by atoms with Crippen molar-refractivity contribution in [2.45, 2.75) is 46.6 Å². The molecule has 0 bridgehead atoms. The summed E-state index contributed by atoms with van der Waals surface area (Å²) in [5.74, 6) is 0.959. The molecule has 0 saturated heterocycles. The van der Waals surface area contributed by atoms with Crippen LogP contribution >= 0.6 is 11.8 Å². The molecule has 5 heteroatoms. The summed E-state index contributed by atoms with van der Waals surface area (Å²) < 4.78 is 0. The van der Waals surface area contributed by atoms with E-state index in [0.29, 0.717) is 0 Å². The fourth-order valence-electron chi connectivity index (χ4n) is 1.28. The first-order valence-corrected chi connectivity index (χ1v) is 7.05. The van der Waals surface area contributed by atoms with Crippen LogP contribution in [0.5, 0.6) is 0 Å². The van der Waals surface area contributed by atoms with Gasteiger partial charge in [0.25, 0.3) is 0 Å². The van der Waals surface area contributed by atoms with Crippen molar-refractivity contribution in [2.24, 2.45) is 5.41 Å². The zero-order valence-corrected chi connectivity index (χ0v) is 11.9. The van der Waals surface area contributed by atoms with E-state index in [1.807, 2.05) is 18.7 Å². The summed E-state index contributed by atoms with van der Waals surface area (Å²) in [6.07, 6.45) is 0.936. The van der Waals surface area contributed by atoms with Crippen LogP contribution in [0.4, 0.5) is 0 Å². The molecule has 0 aliphatic rings. The number of nitrogens with one attached hydrogen (secondary N) is 1. The molecule has 4 nitrogen and oxygen atoms in total. The van der Waals surface area contributed by atoms with Crippen LogP contribution in [-0.2, 0) is 9.59 Å². The van der Waals surface area contributed by atoms with Gasteiger partial charge in [0.05, 0.1) is 5.41 Å². The van der Waals surface area contributed by atoms with E-state index in [0.717, 1.165) is 17.9 Å². The van der Waals surface area contributed by atoms with Crippen LogP contribution in [0.3, 0.4) is 0 Å². The van der Waals surface area contributed by atoms with E-state index < -0.39 is 11.4 Å². The van der Waals surface area contributed by atoms with Crippen LogP contribution in [0.25, 0.3) is 0 Å². The van der Waals surface area contributed by atoms with Crippen molar-refractivity contribution in [1.29, 1.82) is 0 Å². The van der Waals surface area contributed by atoms with Crippen molar-refractivity contribution in [3.05, 3.63) is 0 Å². The highest BCUT2D eigenvalue weighted by Gasteiger charge is 2.30. The monoisotopic (exact) mass is 261 g/mol. The SMILES string of the molecule is CCSCCC(C)NC(=O)CC(C)(C)C(=O)O. The molecule has 0 spiro atoms. The molecule has 1 atom stereocenters. The maximum atomic E-state index is 11.6. The maximum Gasteiger partial charge on any atom is 0.309 e. The van der Waals surface area contributed by atoms with Crippen molar-refractivity contribution in [3.63, 3.8) is 0 Å². The predicted octanol–water partition coefficient (Wildman–Crippen LogP) is 2.14. The van der Waals surface area contributed by atoms with Gasteiger partial charge in [0.1, 0.15) is 0 Å². The summed E-state index contributed by atoms with van der Waals surface area (Å²) in [5.41, 5.74) is -0.998. The second kappa shape index (κ2) is 7.58. The largest absolute Gasteiger partial charge is 0.481 e. The molecular weight excluding hydrogens is 238 g/mol. The van der Waals surface area contributed by atoms with E-state index in [9.17, 15) is 9.59 Å². The number of carbonyl (C=O) groups excluding carboxylic acids is 1. The lowest BCUT2D eigenvalue weighted by molar-refractivity contribution is -0.149. The molecule has 0 fully saturated rings. The van der Waals surface area contributed by atoms with Crippen molar-refractivity contribution in [2.75, 3.05) is 11.5 Å². The lowest BCUT2D eigenvalue weighted by atomic mass is 9.89. The molecular formula is C12H23NO3S. The second-order valence-electron chi connectivity index (χ2n) is 4.82. The van der Waals surface area contributed by atoms with Gasteiger partial charge in [-0.2, -0.15) is 11.8 Å². The van der Waals surface area contributed by atoms with Crippen LogP contribution in [0.15, 0.2) is 0 Å². The van der Waals surface area contributed by atoms with E-state index in [4.69, 9.17) is 5.11 Å². The quantitative estimate of drug-likeness (QED) is 0.657. The second-order valence-corrected chi connectivity index (χ2v) is 6.21. The highest BCUT2D eigenvalue weighted by molar-refractivity contribution is 7.99. The normalized spacial score (nSPS) is 13.2. The maximum absolute atomic E-state index is 11.6. The Morgan fingerprint density at radius 2 is 2.00 bits per heavy atom. The van der Waals surface area contributed by atoms with Gasteiger partial charge in [0.15, 0.2) is 0 Å². The summed E-state index contributed by atoms with van der Waals surface area (Å²) in [6.45, 7) is 7.17. The van der Waals surface area contributed by atoms with Gasteiger partial charge < -0.3 is 10.4 Å². The van der Waals surface area contributed by atoms with Gasteiger partial charge in [-0.15, -0.1) is 0 Å². The van der Waals surface area contributed by atoms with Gasteiger partial charge in [-0.1, -0.05) is 6.92 Å². The Labute approximate surface area is 108 Å². The number of hydrogen-bond acceptors (Lipinski definition) is 3. The first-order chi connectivity index (χ1) is 7.79. The number of hydrogen-bond donors (Lipinski definition) is 2. The Balaban J connectivity index is 3.97. The molecule has 0 aromatic rings. The molecule has 0 aromatic heterocycles. The third-order valence-electron chi connectivity index (χ3n) is 2.49. The van der Waals surface area contributed by atoms with E-state index in [1.54, 1.807) is 13.8 Å². The number of amides is 1. The van der Waals surface area contributed by atoms with Gasteiger partial charge >= 0.3 is 5.97 Å². The van der Waals surface area contributed by atoms with E-state index in [1.165, 1.54) is 0 Å². The number of carboxylic acid groups (broad SMARTS) is 1. The van der Waals surface area contributed by atoms with Crippen LogP contribution in [0, 0.1) is 5.41 Å². The van der Waals surface area contributed by atoms with Crippen molar-refractivity contribution < 1.29 is 14.7 Å². The Bertz CT molecular complexity index is 266. The smallest absolute Gasteiger partial charge is 0.309 e. The Morgan fingerprint density at radius 3 is 2.47 bits per heavy atom. The number of carbonyl (C=O) groups is 2. The van der Waals surface area contributed by atoms with Crippen molar-refractivity contribution >= 4 is 23.6 Å². The molecule has 1 amide bonds. The molecule has 2 N–H and O–H groups in total. The van der Waals surface area contributed by atoms with Gasteiger partial charge in [-0.05, 0) is 38.7 Å². The van der Waals surface area contributed by atoms with Gasteiger partial charge in [0.2, 0.25) is 5.91 Å². The highest BCUT2D eigenvalue weighted by atomic mass is 32.2. The molecule has 1 unspecified atom stereocenters. The summed E-state index contributed by atoms with van der Waals surface area (Å²) in [6, 6.07) is 0.103. The number of rotatable bonds is 8. The molecule has 0 aliphatic carbocycles. The summed E-state index contributed by atoms with van der Waals surface area (Å²) in [7, 11) is 0. The van der Waals surface area contributed by atoms with Crippen molar-refractivity contribution in [1.82, 2.24) is 5.32 Å². The highest BCUT2D eigenvalue weighted by Crippen LogP contribution is 2.20. The van der Waals surface area contributed by atoms with E-state index in [2.05, 4.69) is 12.2 Å². The van der Waals surface area contributed by atoms with Gasteiger partial charge in [0, 0.05) is 12.5 Å². The molecule has 0 aliphatic heterocycles. The van der Waals surface area contributed by atoms with Gasteiger partial charge in [-0.25, -0.2) is 0 Å². The summed E-state index contributed by atoms with van der Waals surface area (Å²) >= 11 is 1.84. The van der Waals surface area contributed by atoms with Crippen LogP contribution < -0.4 is 5.32 Å². The third-order valence-corrected chi connectivity index (χ3v) is 3.42. The van der Waals surface area contributed by atoms with E-state index in [-0.39, 0.29) is 18.4 Å². The minimum Gasteiger partial charge on any atom is -0.481 e. The number of thioether (sulfide) groups is 1. The first kappa shape index (κ1) is 16.3. The summed E-state index contributed by atoms with van der Waals surface area (Å²) in [5, 5.41) is 11.7. The lowest BCUT2D eigenvalue weighted by Gasteiger charge is -2.20. The lowest BCUT2D eigenvalue weighted by Crippen LogP contribution is -2.38. The number of carboxylic acids is 1. The molecule has 100 valence electrons. The fraction of sp³-hybridized carbons (Fsp3) is 0.833. The average molecular weight is 261 g/mol.